The van der Waals surface area contributed by atoms with E-state index in [1.165, 1.54) is 6.42 Å². The number of thiazole rings is 1. The van der Waals surface area contributed by atoms with Gasteiger partial charge in [-0.3, -0.25) is 14.5 Å². The molecule has 2 aromatic rings. The Hall–Kier alpha value is -2.49. The van der Waals surface area contributed by atoms with E-state index in [4.69, 9.17) is 9.47 Å². The van der Waals surface area contributed by atoms with Gasteiger partial charge in [-0.2, -0.15) is 0 Å². The maximum absolute atomic E-state index is 13.4. The third kappa shape index (κ3) is 7.09. The molecule has 2 aliphatic rings. The number of amides is 2. The summed E-state index contributed by atoms with van der Waals surface area (Å²) in [6.45, 7) is 6.68. The third-order valence-corrected chi connectivity index (χ3v) is 8.41. The van der Waals surface area contributed by atoms with Crippen molar-refractivity contribution < 1.29 is 19.1 Å². The van der Waals surface area contributed by atoms with Crippen LogP contribution in [0.3, 0.4) is 0 Å². The molecule has 1 saturated carbocycles. The predicted octanol–water partition coefficient (Wildman–Crippen LogP) is 4.67. The van der Waals surface area contributed by atoms with Crippen molar-refractivity contribution in [2.45, 2.75) is 64.6 Å². The molecule has 0 bridgehead atoms. The third-order valence-electron chi connectivity index (χ3n) is 7.64. The van der Waals surface area contributed by atoms with E-state index in [2.05, 4.69) is 29.0 Å². The molecule has 1 fully saturated rings. The van der Waals surface area contributed by atoms with Crippen molar-refractivity contribution in [1.29, 1.82) is 0 Å². The average Bonchev–Trinajstić information content (AvgIpc) is 3.42. The lowest BCUT2D eigenvalue weighted by Crippen LogP contribution is -2.46. The van der Waals surface area contributed by atoms with Gasteiger partial charge < -0.3 is 19.7 Å². The zero-order chi connectivity index (χ0) is 26.4. The van der Waals surface area contributed by atoms with Gasteiger partial charge in [0, 0.05) is 62.5 Å². The van der Waals surface area contributed by atoms with E-state index in [0.29, 0.717) is 30.2 Å². The lowest BCUT2D eigenvalue weighted by Gasteiger charge is -2.35. The fourth-order valence-electron chi connectivity index (χ4n) is 5.26. The van der Waals surface area contributed by atoms with E-state index in [-0.39, 0.29) is 35.8 Å². The number of likely N-dealkylation sites (N-methyl/N-ethyl adjacent to an activating group) is 1. The van der Waals surface area contributed by atoms with E-state index in [9.17, 15) is 9.59 Å². The molecule has 3 atom stereocenters. The van der Waals surface area contributed by atoms with Gasteiger partial charge in [-0.25, -0.2) is 4.98 Å². The second-order valence-electron chi connectivity index (χ2n) is 10.5. The Bertz CT molecular complexity index is 1040. The zero-order valence-electron chi connectivity index (χ0n) is 22.4. The Kier molecular flexibility index (Phi) is 9.56. The maximum atomic E-state index is 13.4. The minimum absolute atomic E-state index is 0.0517. The quantitative estimate of drug-likeness (QED) is 0.607. The second kappa shape index (κ2) is 12.8. The molecule has 202 valence electrons. The van der Waals surface area contributed by atoms with Gasteiger partial charge in [-0.05, 0) is 37.8 Å². The van der Waals surface area contributed by atoms with Crippen LogP contribution in [0.15, 0.2) is 29.8 Å². The average molecular weight is 529 g/mol. The molecule has 2 heterocycles. The van der Waals surface area contributed by atoms with Crippen molar-refractivity contribution in [2.75, 3.05) is 39.2 Å². The first-order valence-corrected chi connectivity index (χ1v) is 14.2. The number of rotatable bonds is 5. The number of carbonyl (C=O) groups excluding carboxylic acids is 2. The van der Waals surface area contributed by atoms with Crippen LogP contribution in [0.25, 0.3) is 0 Å². The highest BCUT2D eigenvalue weighted by Gasteiger charge is 2.29. The molecule has 4 rings (SSSR count). The Morgan fingerprint density at radius 3 is 2.70 bits per heavy atom. The number of aromatic nitrogens is 1. The van der Waals surface area contributed by atoms with Crippen molar-refractivity contribution >= 4 is 28.8 Å². The fourth-order valence-corrected chi connectivity index (χ4v) is 5.90. The van der Waals surface area contributed by atoms with Gasteiger partial charge in [0.15, 0.2) is 0 Å². The monoisotopic (exact) mass is 528 g/mol. The van der Waals surface area contributed by atoms with E-state index >= 15 is 0 Å². The molecule has 8 nitrogen and oxygen atoms in total. The van der Waals surface area contributed by atoms with Gasteiger partial charge in [0.2, 0.25) is 5.91 Å². The molecular formula is C28H40N4O4S. The van der Waals surface area contributed by atoms with Gasteiger partial charge in [0.25, 0.3) is 5.91 Å². The van der Waals surface area contributed by atoms with Crippen molar-refractivity contribution in [3.63, 3.8) is 0 Å². The molecule has 1 aromatic carbocycles. The van der Waals surface area contributed by atoms with Crippen LogP contribution >= 0.6 is 11.3 Å². The van der Waals surface area contributed by atoms with Crippen molar-refractivity contribution in [3.8, 4) is 5.75 Å². The van der Waals surface area contributed by atoms with E-state index in [0.717, 1.165) is 43.8 Å². The molecule has 0 spiro atoms. The summed E-state index contributed by atoms with van der Waals surface area (Å²) in [5.74, 6) is 0.662. The van der Waals surface area contributed by atoms with E-state index < -0.39 is 0 Å². The first-order chi connectivity index (χ1) is 17.9. The fraction of sp³-hybridized carbons (Fsp3) is 0.607. The Balaban J connectivity index is 1.59. The number of nitrogens with zero attached hydrogens (tertiary/aromatic N) is 3. The smallest absolute Gasteiger partial charge is 0.257 e. The lowest BCUT2D eigenvalue weighted by atomic mass is 9.88. The zero-order valence-corrected chi connectivity index (χ0v) is 23.3. The van der Waals surface area contributed by atoms with Crippen LogP contribution in [0.5, 0.6) is 5.75 Å². The topological polar surface area (TPSA) is 84.0 Å². The van der Waals surface area contributed by atoms with Crippen LogP contribution in [0.1, 0.15) is 61.3 Å². The highest BCUT2D eigenvalue weighted by Crippen LogP contribution is 2.29. The lowest BCUT2D eigenvalue weighted by molar-refractivity contribution is -0.120. The predicted molar refractivity (Wildman–Crippen MR) is 146 cm³/mol. The summed E-state index contributed by atoms with van der Waals surface area (Å²) in [7, 11) is 3.50. The summed E-state index contributed by atoms with van der Waals surface area (Å²) in [6, 6.07) is 5.43. The number of fused-ring (bicyclic) bond motifs is 1. The summed E-state index contributed by atoms with van der Waals surface area (Å²) in [6.07, 6.45) is 6.99. The highest BCUT2D eigenvalue weighted by molar-refractivity contribution is 7.09. The van der Waals surface area contributed by atoms with Crippen molar-refractivity contribution in [2.24, 2.45) is 11.8 Å². The number of hydrogen-bond acceptors (Lipinski definition) is 7. The van der Waals surface area contributed by atoms with Gasteiger partial charge in [0.1, 0.15) is 17.4 Å². The summed E-state index contributed by atoms with van der Waals surface area (Å²) in [5.41, 5.74) is 1.15. The molecule has 2 amide bonds. The van der Waals surface area contributed by atoms with Crippen molar-refractivity contribution in [1.82, 2.24) is 14.8 Å². The number of benzene rings is 1. The molecule has 1 aliphatic carbocycles. The van der Waals surface area contributed by atoms with E-state index in [1.54, 1.807) is 48.6 Å². The molecule has 0 saturated heterocycles. The largest absolute Gasteiger partial charge is 0.491 e. The van der Waals surface area contributed by atoms with Crippen LogP contribution in [-0.4, -0.2) is 72.6 Å². The molecule has 0 radical (unpaired) electrons. The summed E-state index contributed by atoms with van der Waals surface area (Å²) in [5, 5.41) is 6.12. The first kappa shape index (κ1) is 27.5. The molecular weight excluding hydrogens is 488 g/mol. The normalized spacial score (nSPS) is 24.5. The Morgan fingerprint density at radius 2 is 2.00 bits per heavy atom. The molecule has 1 aliphatic heterocycles. The summed E-state index contributed by atoms with van der Waals surface area (Å²) in [4.78, 5) is 34.8. The van der Waals surface area contributed by atoms with Gasteiger partial charge >= 0.3 is 0 Å². The van der Waals surface area contributed by atoms with Crippen LogP contribution < -0.4 is 10.1 Å². The number of ether oxygens (including phenoxy) is 2. The standard InChI is InChI=1S/C28H40N4O4S/c1-19-15-32(17-26-29-12-13-37-26)20(2)18-36-24-14-22(30-27(33)21-8-6-5-7-9-21)10-11-23(24)28(34)31(3)16-25(19)35-4/h10-14,19-21,25H,5-9,15-18H2,1-4H3,(H,30,33)/t19-,20+,25-/m0/s1. The minimum atomic E-state index is -0.123. The van der Waals surface area contributed by atoms with Crippen LogP contribution in [0.4, 0.5) is 5.69 Å². The van der Waals surface area contributed by atoms with E-state index in [1.807, 2.05) is 11.6 Å². The second-order valence-corrected chi connectivity index (χ2v) is 11.5. The number of nitrogens with one attached hydrogen (secondary N) is 1. The molecule has 1 N–H and O–H groups in total. The maximum Gasteiger partial charge on any atom is 0.257 e. The Labute approximate surface area is 224 Å². The first-order valence-electron chi connectivity index (χ1n) is 13.3. The SMILES string of the molecule is CO[C@H]1CN(C)C(=O)c2ccc(NC(=O)C3CCCCC3)cc2OC[C@@H](C)N(Cc2nccs2)C[C@@H]1C. The summed E-state index contributed by atoms with van der Waals surface area (Å²) < 4.78 is 12.1. The molecule has 1 aromatic heterocycles. The van der Waals surface area contributed by atoms with Gasteiger partial charge in [-0.1, -0.05) is 26.2 Å². The number of methoxy groups -OCH3 is 1. The molecule has 9 heteroatoms. The van der Waals surface area contributed by atoms with Gasteiger partial charge in [0.05, 0.1) is 18.2 Å². The molecule has 0 unspecified atom stereocenters. The van der Waals surface area contributed by atoms with Crippen LogP contribution in [0.2, 0.25) is 0 Å². The number of carbonyl (C=O) groups is 2. The van der Waals surface area contributed by atoms with Gasteiger partial charge in [-0.15, -0.1) is 11.3 Å². The van der Waals surface area contributed by atoms with Crippen LogP contribution in [-0.2, 0) is 16.1 Å². The minimum Gasteiger partial charge on any atom is -0.491 e. The molecule has 37 heavy (non-hydrogen) atoms. The van der Waals surface area contributed by atoms with Crippen LogP contribution in [0, 0.1) is 11.8 Å². The number of hydrogen-bond donors (Lipinski definition) is 1. The van der Waals surface area contributed by atoms with Crippen molar-refractivity contribution in [3.05, 3.63) is 40.3 Å². The summed E-state index contributed by atoms with van der Waals surface area (Å²) >= 11 is 1.65. The number of anilines is 1. The Morgan fingerprint density at radius 1 is 1.22 bits per heavy atom. The highest BCUT2D eigenvalue weighted by atomic mass is 32.1.